The second-order valence-electron chi connectivity index (χ2n) is 5.45. The molecule has 0 spiro atoms. The van der Waals surface area contributed by atoms with Crippen LogP contribution in [0.4, 0.5) is 18.9 Å². The molecule has 27 heavy (non-hydrogen) atoms. The maximum Gasteiger partial charge on any atom is 0.573 e. The summed E-state index contributed by atoms with van der Waals surface area (Å²) >= 11 is 0. The first kappa shape index (κ1) is 18.3. The van der Waals surface area contributed by atoms with Crippen LogP contribution in [-0.4, -0.2) is 17.5 Å². The molecule has 0 saturated heterocycles. The number of halogens is 3. The Labute approximate surface area is 152 Å². The van der Waals surface area contributed by atoms with Crippen molar-refractivity contribution in [1.82, 2.24) is 5.16 Å². The van der Waals surface area contributed by atoms with Crippen molar-refractivity contribution in [2.24, 2.45) is 10.7 Å². The predicted molar refractivity (Wildman–Crippen MR) is 94.0 cm³/mol. The van der Waals surface area contributed by atoms with Gasteiger partial charge in [-0.2, -0.15) is 0 Å². The molecule has 3 aromatic rings. The average molecular weight is 376 g/mol. The molecule has 0 aliphatic rings. The maximum absolute atomic E-state index is 12.1. The van der Waals surface area contributed by atoms with E-state index in [2.05, 4.69) is 20.2 Å². The van der Waals surface area contributed by atoms with E-state index < -0.39 is 6.36 Å². The van der Waals surface area contributed by atoms with Crippen molar-refractivity contribution in [1.29, 1.82) is 0 Å². The number of anilines is 1. The minimum Gasteiger partial charge on any atom is -0.406 e. The van der Waals surface area contributed by atoms with Gasteiger partial charge in [0.05, 0.1) is 6.54 Å². The normalized spacial score (nSPS) is 12.0. The van der Waals surface area contributed by atoms with Crippen molar-refractivity contribution in [2.75, 3.05) is 5.32 Å². The summed E-state index contributed by atoms with van der Waals surface area (Å²) in [6.45, 7) is 0.185. The number of nitrogens with two attached hydrogens (primary N) is 1. The molecule has 3 rings (SSSR count). The first-order valence-electron chi connectivity index (χ1n) is 7.83. The lowest BCUT2D eigenvalue weighted by Gasteiger charge is -2.10. The number of hydrogen-bond donors (Lipinski definition) is 2. The molecule has 3 N–H and O–H groups in total. The SMILES string of the molecule is NC(=NCc1cc(-c2ccccc2)on1)Nc1ccc(OC(F)(F)F)cc1. The van der Waals surface area contributed by atoms with Gasteiger partial charge in [-0.15, -0.1) is 13.2 Å². The van der Waals surface area contributed by atoms with Gasteiger partial charge in [-0.3, -0.25) is 0 Å². The smallest absolute Gasteiger partial charge is 0.406 e. The highest BCUT2D eigenvalue weighted by Crippen LogP contribution is 2.24. The summed E-state index contributed by atoms with van der Waals surface area (Å²) in [7, 11) is 0. The number of benzene rings is 2. The number of nitrogens with one attached hydrogen (secondary N) is 1. The predicted octanol–water partition coefficient (Wildman–Crippen LogP) is 4.17. The molecule has 1 heterocycles. The zero-order valence-corrected chi connectivity index (χ0v) is 13.9. The van der Waals surface area contributed by atoms with E-state index in [1.807, 2.05) is 30.3 Å². The van der Waals surface area contributed by atoms with Crippen LogP contribution in [0.1, 0.15) is 5.69 Å². The van der Waals surface area contributed by atoms with E-state index in [4.69, 9.17) is 10.3 Å². The molecule has 0 aliphatic carbocycles. The zero-order chi connectivity index (χ0) is 19.3. The van der Waals surface area contributed by atoms with E-state index in [1.54, 1.807) is 6.07 Å². The minimum atomic E-state index is -4.73. The van der Waals surface area contributed by atoms with Gasteiger partial charge < -0.3 is 20.3 Å². The van der Waals surface area contributed by atoms with Crippen LogP contribution in [0, 0.1) is 0 Å². The van der Waals surface area contributed by atoms with Crippen LogP contribution in [0.15, 0.2) is 70.2 Å². The highest BCUT2D eigenvalue weighted by Gasteiger charge is 2.30. The Morgan fingerprint density at radius 3 is 2.48 bits per heavy atom. The third kappa shape index (κ3) is 5.50. The minimum absolute atomic E-state index is 0.0868. The number of alkyl halides is 3. The van der Waals surface area contributed by atoms with Gasteiger partial charge in [0.15, 0.2) is 11.7 Å². The van der Waals surface area contributed by atoms with Crippen LogP contribution in [0.25, 0.3) is 11.3 Å². The molecule has 2 aromatic carbocycles. The topological polar surface area (TPSA) is 85.7 Å². The van der Waals surface area contributed by atoms with Gasteiger partial charge in [0.2, 0.25) is 0 Å². The Balaban J connectivity index is 1.58. The lowest BCUT2D eigenvalue weighted by molar-refractivity contribution is -0.274. The Bertz CT molecular complexity index is 906. The fourth-order valence-electron chi connectivity index (χ4n) is 2.22. The van der Waals surface area contributed by atoms with Gasteiger partial charge in [-0.1, -0.05) is 35.5 Å². The Morgan fingerprint density at radius 2 is 1.81 bits per heavy atom. The summed E-state index contributed by atoms with van der Waals surface area (Å²) < 4.78 is 45.5. The Kier molecular flexibility index (Phi) is 5.30. The third-order valence-corrected chi connectivity index (χ3v) is 3.39. The van der Waals surface area contributed by atoms with E-state index in [1.165, 1.54) is 24.3 Å². The summed E-state index contributed by atoms with van der Waals surface area (Å²) in [6, 6.07) is 16.4. The standard InChI is InChI=1S/C18H15F3N4O2/c19-18(20,21)26-15-8-6-13(7-9-15)24-17(22)23-11-14-10-16(27-25-14)12-4-2-1-3-5-12/h1-10H,11H2,(H3,22,23,24). The lowest BCUT2D eigenvalue weighted by Crippen LogP contribution is -2.22. The van der Waals surface area contributed by atoms with E-state index >= 15 is 0 Å². The molecule has 0 radical (unpaired) electrons. The van der Waals surface area contributed by atoms with Crippen molar-refractivity contribution >= 4 is 11.6 Å². The molecule has 140 valence electrons. The summed E-state index contributed by atoms with van der Waals surface area (Å²) in [5.74, 6) is 0.385. The number of aliphatic imine (C=N–C) groups is 1. The van der Waals surface area contributed by atoms with E-state index in [0.717, 1.165) is 5.56 Å². The van der Waals surface area contributed by atoms with Crippen molar-refractivity contribution < 1.29 is 22.4 Å². The summed E-state index contributed by atoms with van der Waals surface area (Å²) in [6.07, 6.45) is -4.73. The van der Waals surface area contributed by atoms with Crippen LogP contribution in [0.3, 0.4) is 0 Å². The van der Waals surface area contributed by atoms with Crippen molar-refractivity contribution in [2.45, 2.75) is 12.9 Å². The lowest BCUT2D eigenvalue weighted by atomic mass is 10.2. The second-order valence-corrected chi connectivity index (χ2v) is 5.45. The number of ether oxygens (including phenoxy) is 1. The van der Waals surface area contributed by atoms with E-state index in [0.29, 0.717) is 17.1 Å². The van der Waals surface area contributed by atoms with Crippen molar-refractivity contribution in [3.05, 3.63) is 66.4 Å². The first-order valence-corrected chi connectivity index (χ1v) is 7.83. The average Bonchev–Trinajstić information content (AvgIpc) is 3.10. The Hall–Kier alpha value is -3.49. The van der Waals surface area contributed by atoms with Crippen LogP contribution >= 0.6 is 0 Å². The maximum atomic E-state index is 12.1. The van der Waals surface area contributed by atoms with Gasteiger partial charge in [0.1, 0.15) is 11.4 Å². The Morgan fingerprint density at radius 1 is 1.11 bits per heavy atom. The molecule has 0 atom stereocenters. The van der Waals surface area contributed by atoms with Gasteiger partial charge in [0, 0.05) is 17.3 Å². The van der Waals surface area contributed by atoms with Gasteiger partial charge in [-0.25, -0.2) is 4.99 Å². The highest BCUT2D eigenvalue weighted by molar-refractivity contribution is 5.92. The third-order valence-electron chi connectivity index (χ3n) is 3.39. The molecule has 1 aromatic heterocycles. The molecular weight excluding hydrogens is 361 g/mol. The summed E-state index contributed by atoms with van der Waals surface area (Å²) in [5, 5.41) is 6.70. The van der Waals surface area contributed by atoms with Crippen LogP contribution in [0.2, 0.25) is 0 Å². The second kappa shape index (κ2) is 7.81. The number of hydrogen-bond acceptors (Lipinski definition) is 4. The van der Waals surface area contributed by atoms with Gasteiger partial charge in [0.25, 0.3) is 0 Å². The van der Waals surface area contributed by atoms with E-state index in [9.17, 15) is 13.2 Å². The fraction of sp³-hybridized carbons (Fsp3) is 0.111. The number of guanidine groups is 1. The quantitative estimate of drug-likeness (QED) is 0.516. The molecule has 0 aliphatic heterocycles. The molecular formula is C18H15F3N4O2. The molecule has 0 saturated carbocycles. The van der Waals surface area contributed by atoms with Crippen molar-refractivity contribution in [3.63, 3.8) is 0 Å². The zero-order valence-electron chi connectivity index (χ0n) is 13.9. The fourth-order valence-corrected chi connectivity index (χ4v) is 2.22. The largest absolute Gasteiger partial charge is 0.573 e. The first-order chi connectivity index (χ1) is 12.9. The molecule has 0 bridgehead atoms. The van der Waals surface area contributed by atoms with Gasteiger partial charge in [-0.05, 0) is 24.3 Å². The highest BCUT2D eigenvalue weighted by atomic mass is 19.4. The molecule has 0 fully saturated rings. The number of aromatic nitrogens is 1. The molecule has 0 amide bonds. The molecule has 9 heteroatoms. The van der Waals surface area contributed by atoms with Crippen LogP contribution < -0.4 is 15.8 Å². The van der Waals surface area contributed by atoms with Crippen molar-refractivity contribution in [3.8, 4) is 17.1 Å². The van der Waals surface area contributed by atoms with Crippen LogP contribution in [-0.2, 0) is 6.54 Å². The monoisotopic (exact) mass is 376 g/mol. The number of rotatable bonds is 5. The van der Waals surface area contributed by atoms with E-state index in [-0.39, 0.29) is 18.3 Å². The molecule has 6 nitrogen and oxygen atoms in total. The number of nitrogens with zero attached hydrogens (tertiary/aromatic N) is 2. The molecule has 0 unspecified atom stereocenters. The summed E-state index contributed by atoms with van der Waals surface area (Å²) in [4.78, 5) is 4.13. The van der Waals surface area contributed by atoms with Crippen LogP contribution in [0.5, 0.6) is 5.75 Å². The van der Waals surface area contributed by atoms with Gasteiger partial charge >= 0.3 is 6.36 Å². The summed E-state index contributed by atoms with van der Waals surface area (Å²) in [5.41, 5.74) is 7.74.